The Morgan fingerprint density at radius 2 is 1.67 bits per heavy atom. The van der Waals surface area contributed by atoms with Crippen LogP contribution >= 0.6 is 0 Å². The van der Waals surface area contributed by atoms with Crippen molar-refractivity contribution in [2.24, 2.45) is 5.10 Å². The number of hydrogen-bond donors (Lipinski definition) is 1. The summed E-state index contributed by atoms with van der Waals surface area (Å²) in [5.41, 5.74) is 2.79. The Bertz CT molecular complexity index is 864. The molecule has 0 aliphatic carbocycles. The van der Waals surface area contributed by atoms with Crippen molar-refractivity contribution in [3.05, 3.63) is 90.0 Å². The fourth-order valence-electron chi connectivity index (χ4n) is 2.63. The average Bonchev–Trinajstić information content (AvgIpc) is 2.72. The quantitative estimate of drug-likeness (QED) is 0.442. The molecule has 0 saturated heterocycles. The average molecular weight is 360 g/mol. The predicted molar refractivity (Wildman–Crippen MR) is 111 cm³/mol. The zero-order valence-electron chi connectivity index (χ0n) is 15.5. The highest BCUT2D eigenvalue weighted by Crippen LogP contribution is 2.23. The van der Waals surface area contributed by atoms with Gasteiger partial charge < -0.3 is 9.84 Å². The zero-order chi connectivity index (χ0) is 18.9. The first-order chi connectivity index (χ1) is 13.3. The van der Waals surface area contributed by atoms with E-state index in [1.54, 1.807) is 12.3 Å². The van der Waals surface area contributed by atoms with E-state index in [4.69, 9.17) is 4.74 Å². The van der Waals surface area contributed by atoms with Crippen LogP contribution in [0.4, 0.5) is 5.69 Å². The van der Waals surface area contributed by atoms with Crippen LogP contribution < -0.4 is 9.75 Å². The molecule has 4 heteroatoms. The molecule has 0 spiro atoms. The second-order valence-corrected chi connectivity index (χ2v) is 6.19. The van der Waals surface area contributed by atoms with Gasteiger partial charge in [-0.05, 0) is 36.2 Å². The van der Waals surface area contributed by atoms with Gasteiger partial charge in [0.15, 0.2) is 0 Å². The Morgan fingerprint density at radius 3 is 2.33 bits per heavy atom. The lowest BCUT2D eigenvalue weighted by molar-refractivity contribution is 0.315. The molecule has 0 amide bonds. The van der Waals surface area contributed by atoms with Crippen molar-refractivity contribution in [3.8, 4) is 11.5 Å². The van der Waals surface area contributed by atoms with Crippen LogP contribution in [-0.2, 0) is 6.54 Å². The fourth-order valence-corrected chi connectivity index (χ4v) is 2.63. The zero-order valence-corrected chi connectivity index (χ0v) is 15.5. The number of hydrogen-bond acceptors (Lipinski definition) is 4. The Hall–Kier alpha value is -3.27. The van der Waals surface area contributed by atoms with Gasteiger partial charge in [-0.1, -0.05) is 55.5 Å². The van der Waals surface area contributed by atoms with Gasteiger partial charge in [-0.15, -0.1) is 0 Å². The van der Waals surface area contributed by atoms with Crippen molar-refractivity contribution in [2.75, 3.05) is 11.6 Å². The standard InChI is InChI=1S/C23H24N2O2/c1-2-15-27-22-14-13-20(23(26)16-22)17-24-25(21-11-7-4-8-12-21)18-19-9-5-3-6-10-19/h3-14,16-17,26H,2,15,18H2,1H3. The minimum Gasteiger partial charge on any atom is -0.507 e. The second-order valence-electron chi connectivity index (χ2n) is 6.19. The number of benzene rings is 3. The molecule has 0 aromatic heterocycles. The molecular weight excluding hydrogens is 336 g/mol. The van der Waals surface area contributed by atoms with Gasteiger partial charge in [-0.3, -0.25) is 5.01 Å². The smallest absolute Gasteiger partial charge is 0.128 e. The summed E-state index contributed by atoms with van der Waals surface area (Å²) >= 11 is 0. The van der Waals surface area contributed by atoms with Gasteiger partial charge in [0.05, 0.1) is 25.1 Å². The Morgan fingerprint density at radius 1 is 0.963 bits per heavy atom. The molecule has 1 N–H and O–H groups in total. The van der Waals surface area contributed by atoms with E-state index in [2.05, 4.69) is 17.2 Å². The van der Waals surface area contributed by atoms with Gasteiger partial charge in [-0.25, -0.2) is 0 Å². The molecule has 138 valence electrons. The van der Waals surface area contributed by atoms with E-state index in [0.717, 1.165) is 17.7 Å². The Balaban J connectivity index is 1.81. The Labute approximate surface area is 160 Å². The molecule has 0 heterocycles. The highest BCUT2D eigenvalue weighted by molar-refractivity contribution is 5.84. The number of anilines is 1. The molecule has 0 atom stereocenters. The van der Waals surface area contributed by atoms with Crippen molar-refractivity contribution >= 4 is 11.9 Å². The van der Waals surface area contributed by atoms with E-state index in [1.165, 1.54) is 0 Å². The van der Waals surface area contributed by atoms with Crippen LogP contribution in [0.3, 0.4) is 0 Å². The lowest BCUT2D eigenvalue weighted by atomic mass is 10.2. The number of para-hydroxylation sites is 1. The van der Waals surface area contributed by atoms with E-state index in [1.807, 2.05) is 72.6 Å². The third kappa shape index (κ3) is 5.35. The van der Waals surface area contributed by atoms with Crippen LogP contribution in [-0.4, -0.2) is 17.9 Å². The number of phenolic OH excluding ortho intramolecular Hbond substituents is 1. The van der Waals surface area contributed by atoms with Gasteiger partial charge in [0.25, 0.3) is 0 Å². The van der Waals surface area contributed by atoms with Gasteiger partial charge in [0.2, 0.25) is 0 Å². The van der Waals surface area contributed by atoms with Crippen molar-refractivity contribution in [1.82, 2.24) is 0 Å². The summed E-state index contributed by atoms with van der Waals surface area (Å²) in [6.07, 6.45) is 2.60. The number of rotatable bonds is 8. The van der Waals surface area contributed by atoms with Crippen LogP contribution in [0.2, 0.25) is 0 Å². The van der Waals surface area contributed by atoms with E-state index in [-0.39, 0.29) is 5.75 Å². The molecule has 0 saturated carbocycles. The Kier molecular flexibility index (Phi) is 6.47. The lowest BCUT2D eigenvalue weighted by Crippen LogP contribution is -2.16. The monoisotopic (exact) mass is 360 g/mol. The van der Waals surface area contributed by atoms with Crippen LogP contribution in [0.15, 0.2) is 84.0 Å². The molecular formula is C23H24N2O2. The largest absolute Gasteiger partial charge is 0.507 e. The first kappa shape index (κ1) is 18.5. The first-order valence-corrected chi connectivity index (χ1v) is 9.12. The van der Waals surface area contributed by atoms with Gasteiger partial charge in [-0.2, -0.15) is 5.10 Å². The number of ether oxygens (including phenoxy) is 1. The van der Waals surface area contributed by atoms with Crippen molar-refractivity contribution in [1.29, 1.82) is 0 Å². The van der Waals surface area contributed by atoms with Crippen LogP contribution in [0, 0.1) is 0 Å². The van der Waals surface area contributed by atoms with E-state index in [9.17, 15) is 5.11 Å². The summed E-state index contributed by atoms with van der Waals surface area (Å²) in [4.78, 5) is 0. The summed E-state index contributed by atoms with van der Waals surface area (Å²) in [6.45, 7) is 3.32. The maximum Gasteiger partial charge on any atom is 0.128 e. The topological polar surface area (TPSA) is 45.1 Å². The molecule has 27 heavy (non-hydrogen) atoms. The lowest BCUT2D eigenvalue weighted by Gasteiger charge is -2.19. The number of nitrogens with zero attached hydrogens (tertiary/aromatic N) is 2. The maximum atomic E-state index is 10.3. The van der Waals surface area contributed by atoms with Gasteiger partial charge >= 0.3 is 0 Å². The van der Waals surface area contributed by atoms with E-state index >= 15 is 0 Å². The van der Waals surface area contributed by atoms with E-state index in [0.29, 0.717) is 24.5 Å². The molecule has 0 radical (unpaired) electrons. The molecule has 0 aliphatic heterocycles. The van der Waals surface area contributed by atoms with Gasteiger partial charge in [0.1, 0.15) is 11.5 Å². The minimum absolute atomic E-state index is 0.153. The highest BCUT2D eigenvalue weighted by Gasteiger charge is 2.07. The summed E-state index contributed by atoms with van der Waals surface area (Å²) < 4.78 is 5.55. The van der Waals surface area contributed by atoms with Crippen molar-refractivity contribution in [3.63, 3.8) is 0 Å². The highest BCUT2D eigenvalue weighted by atomic mass is 16.5. The molecule has 4 nitrogen and oxygen atoms in total. The van der Waals surface area contributed by atoms with Gasteiger partial charge in [0, 0.05) is 11.6 Å². The third-order valence-electron chi connectivity index (χ3n) is 4.04. The second kappa shape index (κ2) is 9.43. The molecule has 3 rings (SSSR count). The predicted octanol–water partition coefficient (Wildman–Crippen LogP) is 5.22. The van der Waals surface area contributed by atoms with Crippen LogP contribution in [0.25, 0.3) is 0 Å². The third-order valence-corrected chi connectivity index (χ3v) is 4.04. The number of phenols is 1. The molecule has 3 aromatic carbocycles. The van der Waals surface area contributed by atoms with Crippen molar-refractivity contribution < 1.29 is 9.84 Å². The number of hydrazone groups is 1. The summed E-state index contributed by atoms with van der Waals surface area (Å²) in [6, 6.07) is 25.5. The normalized spacial score (nSPS) is 10.9. The fraction of sp³-hybridized carbons (Fsp3) is 0.174. The minimum atomic E-state index is 0.153. The molecule has 0 bridgehead atoms. The van der Waals surface area contributed by atoms with E-state index < -0.39 is 0 Å². The van der Waals surface area contributed by atoms with Crippen LogP contribution in [0.5, 0.6) is 11.5 Å². The summed E-state index contributed by atoms with van der Waals surface area (Å²) in [5, 5.41) is 16.8. The summed E-state index contributed by atoms with van der Waals surface area (Å²) in [5.74, 6) is 0.816. The molecule has 3 aromatic rings. The number of aromatic hydroxyl groups is 1. The molecule has 0 unspecified atom stereocenters. The SMILES string of the molecule is CCCOc1ccc(C=NN(Cc2ccccc2)c2ccccc2)c(O)c1. The summed E-state index contributed by atoms with van der Waals surface area (Å²) in [7, 11) is 0. The molecule has 0 fully saturated rings. The molecule has 0 aliphatic rings. The first-order valence-electron chi connectivity index (χ1n) is 9.12. The van der Waals surface area contributed by atoms with Crippen molar-refractivity contribution in [2.45, 2.75) is 19.9 Å². The maximum absolute atomic E-state index is 10.3. The van der Waals surface area contributed by atoms with Crippen LogP contribution in [0.1, 0.15) is 24.5 Å².